The molecule has 2 unspecified atom stereocenters. The average Bonchev–Trinajstić information content (AvgIpc) is 3.38. The lowest BCUT2D eigenvalue weighted by Crippen LogP contribution is -2.38. The molecule has 7 nitrogen and oxygen atoms in total. The monoisotopic (exact) mass is 370 g/mol. The number of hydrogen-bond acceptors (Lipinski definition) is 4. The maximum absolute atomic E-state index is 13.0. The van der Waals surface area contributed by atoms with Crippen molar-refractivity contribution < 1.29 is 27.5 Å². The first kappa shape index (κ1) is 17.8. The highest BCUT2D eigenvalue weighted by Gasteiger charge is 2.50. The van der Waals surface area contributed by atoms with E-state index in [4.69, 9.17) is 5.11 Å². The lowest BCUT2D eigenvalue weighted by molar-refractivity contribution is -0.141. The number of sulfonamides is 1. The molecular formula is C16H19FN2O5S. The minimum atomic E-state index is -3.75. The number of aliphatic carboxylic acids is 1. The number of carbonyl (C=O) groups is 2. The Balaban J connectivity index is 1.66. The van der Waals surface area contributed by atoms with Crippen molar-refractivity contribution >= 4 is 21.9 Å². The van der Waals surface area contributed by atoms with Gasteiger partial charge in [0.2, 0.25) is 15.9 Å². The van der Waals surface area contributed by atoms with Gasteiger partial charge in [-0.3, -0.25) is 9.59 Å². The number of hydrogen-bond donors (Lipinski definition) is 1. The van der Waals surface area contributed by atoms with E-state index in [1.165, 1.54) is 16.4 Å². The van der Waals surface area contributed by atoms with E-state index in [9.17, 15) is 22.4 Å². The molecule has 2 aliphatic rings. The first-order chi connectivity index (χ1) is 11.8. The smallest absolute Gasteiger partial charge is 0.307 e. The van der Waals surface area contributed by atoms with Crippen LogP contribution in [0, 0.1) is 17.7 Å². The van der Waals surface area contributed by atoms with Crippen LogP contribution in [0.5, 0.6) is 0 Å². The maximum atomic E-state index is 13.0. The van der Waals surface area contributed by atoms with Crippen LogP contribution in [-0.2, 0) is 19.6 Å². The normalized spacial score (nSPS) is 24.6. The molecule has 1 aliphatic heterocycles. The van der Waals surface area contributed by atoms with Crippen LogP contribution < -0.4 is 0 Å². The van der Waals surface area contributed by atoms with Gasteiger partial charge in [-0.05, 0) is 37.1 Å². The maximum Gasteiger partial charge on any atom is 0.307 e. The number of carbonyl (C=O) groups excluding carboxylic acids is 1. The molecule has 25 heavy (non-hydrogen) atoms. The molecule has 0 bridgehead atoms. The summed E-state index contributed by atoms with van der Waals surface area (Å²) in [6, 6.07) is 4.64. The molecule has 1 saturated heterocycles. The molecule has 1 N–H and O–H groups in total. The number of carboxylic acid groups (broad SMARTS) is 1. The van der Waals surface area contributed by atoms with Gasteiger partial charge in [-0.1, -0.05) is 0 Å². The number of benzene rings is 1. The summed E-state index contributed by atoms with van der Waals surface area (Å²) in [6.45, 7) is 1.02. The van der Waals surface area contributed by atoms with Crippen molar-refractivity contribution in [2.24, 2.45) is 11.8 Å². The Hall–Kier alpha value is -2.00. The summed E-state index contributed by atoms with van der Waals surface area (Å²) in [7, 11) is -3.75. The van der Waals surface area contributed by atoms with Crippen LogP contribution in [0.3, 0.4) is 0 Å². The minimum absolute atomic E-state index is 0.0156. The third-order valence-corrected chi connectivity index (χ3v) is 6.56. The molecule has 1 saturated carbocycles. The number of carboxylic acids is 1. The summed E-state index contributed by atoms with van der Waals surface area (Å²) in [4.78, 5) is 24.8. The molecule has 0 aromatic heterocycles. The van der Waals surface area contributed by atoms with Crippen LogP contribution in [0.25, 0.3) is 0 Å². The van der Waals surface area contributed by atoms with Gasteiger partial charge in [0.1, 0.15) is 5.82 Å². The van der Waals surface area contributed by atoms with Gasteiger partial charge in [0, 0.05) is 26.2 Å². The van der Waals surface area contributed by atoms with Crippen LogP contribution in [0.2, 0.25) is 0 Å². The molecule has 0 spiro atoms. The van der Waals surface area contributed by atoms with Crippen molar-refractivity contribution in [2.75, 3.05) is 26.2 Å². The molecule has 1 aromatic carbocycles. The Morgan fingerprint density at radius 3 is 2.32 bits per heavy atom. The summed E-state index contributed by atoms with van der Waals surface area (Å²) in [6.07, 6.45) is 0.818. The third kappa shape index (κ3) is 3.67. The highest BCUT2D eigenvalue weighted by Crippen LogP contribution is 2.40. The Bertz CT molecular complexity index is 780. The molecule has 2 fully saturated rings. The molecule has 1 aliphatic carbocycles. The van der Waals surface area contributed by atoms with E-state index in [2.05, 4.69) is 0 Å². The highest BCUT2D eigenvalue weighted by molar-refractivity contribution is 7.89. The van der Waals surface area contributed by atoms with Crippen molar-refractivity contribution in [3.05, 3.63) is 30.1 Å². The third-order valence-electron chi connectivity index (χ3n) is 4.64. The minimum Gasteiger partial charge on any atom is -0.481 e. The van der Waals surface area contributed by atoms with Crippen LogP contribution in [-0.4, -0.2) is 60.8 Å². The van der Waals surface area contributed by atoms with E-state index in [1.807, 2.05) is 0 Å². The van der Waals surface area contributed by atoms with E-state index in [-0.39, 0.29) is 30.4 Å². The Morgan fingerprint density at radius 1 is 1.04 bits per heavy atom. The average molecular weight is 370 g/mol. The molecule has 0 radical (unpaired) electrons. The molecule has 1 heterocycles. The second kappa shape index (κ2) is 6.72. The largest absolute Gasteiger partial charge is 0.481 e. The Labute approximate surface area is 145 Å². The standard InChI is InChI=1S/C16H19FN2O5S/c17-11-2-4-12(5-3-11)25(23,24)19-7-1-6-18(8-9-19)15(20)13-10-14(13)16(21)22/h2-5,13-14H,1,6-10H2,(H,21,22). The number of nitrogens with zero attached hydrogens (tertiary/aromatic N) is 2. The molecule has 2 atom stereocenters. The van der Waals surface area contributed by atoms with Crippen molar-refractivity contribution in [3.63, 3.8) is 0 Å². The van der Waals surface area contributed by atoms with Crippen molar-refractivity contribution in [1.82, 2.24) is 9.21 Å². The number of halogens is 1. The molecule has 1 amide bonds. The zero-order chi connectivity index (χ0) is 18.2. The van der Waals surface area contributed by atoms with Crippen molar-refractivity contribution in [1.29, 1.82) is 0 Å². The molecular weight excluding hydrogens is 351 g/mol. The zero-order valence-electron chi connectivity index (χ0n) is 13.5. The summed E-state index contributed by atoms with van der Waals surface area (Å²) in [5, 5.41) is 8.94. The molecule has 3 rings (SSSR count). The van der Waals surface area contributed by atoms with E-state index in [0.29, 0.717) is 19.4 Å². The van der Waals surface area contributed by atoms with E-state index >= 15 is 0 Å². The van der Waals surface area contributed by atoms with Gasteiger partial charge in [-0.2, -0.15) is 4.31 Å². The van der Waals surface area contributed by atoms with Crippen LogP contribution >= 0.6 is 0 Å². The second-order valence-electron chi connectivity index (χ2n) is 6.32. The SMILES string of the molecule is O=C(O)C1CC1C(=O)N1CCCN(S(=O)(=O)c2ccc(F)cc2)CC1. The fourth-order valence-corrected chi connectivity index (χ4v) is 4.56. The van der Waals surface area contributed by atoms with E-state index in [0.717, 1.165) is 12.1 Å². The predicted molar refractivity (Wildman–Crippen MR) is 85.6 cm³/mol. The number of amides is 1. The molecule has 136 valence electrons. The highest BCUT2D eigenvalue weighted by atomic mass is 32.2. The van der Waals surface area contributed by atoms with Gasteiger partial charge >= 0.3 is 5.97 Å². The van der Waals surface area contributed by atoms with Gasteiger partial charge < -0.3 is 10.0 Å². The summed E-state index contributed by atoms with van der Waals surface area (Å²) in [5.41, 5.74) is 0. The van der Waals surface area contributed by atoms with Crippen molar-refractivity contribution in [3.8, 4) is 0 Å². The van der Waals surface area contributed by atoms with E-state index in [1.54, 1.807) is 4.90 Å². The summed E-state index contributed by atoms with van der Waals surface area (Å²) in [5.74, 6) is -2.79. The van der Waals surface area contributed by atoms with Gasteiger partial charge in [0.15, 0.2) is 0 Å². The lowest BCUT2D eigenvalue weighted by atomic mass is 10.2. The molecule has 9 heteroatoms. The molecule has 1 aromatic rings. The second-order valence-corrected chi connectivity index (χ2v) is 8.26. The van der Waals surface area contributed by atoms with Gasteiger partial charge in [-0.25, -0.2) is 12.8 Å². The number of rotatable bonds is 4. The Kier molecular flexibility index (Phi) is 4.79. The van der Waals surface area contributed by atoms with Crippen LogP contribution in [0.15, 0.2) is 29.2 Å². The first-order valence-electron chi connectivity index (χ1n) is 8.08. The summed E-state index contributed by atoms with van der Waals surface area (Å²) >= 11 is 0. The quantitative estimate of drug-likeness (QED) is 0.845. The van der Waals surface area contributed by atoms with Gasteiger partial charge in [-0.15, -0.1) is 0 Å². The summed E-state index contributed by atoms with van der Waals surface area (Å²) < 4.78 is 39.6. The van der Waals surface area contributed by atoms with E-state index < -0.39 is 33.6 Å². The predicted octanol–water partition coefficient (Wildman–Crippen LogP) is 0.769. The fraction of sp³-hybridized carbons (Fsp3) is 0.500. The van der Waals surface area contributed by atoms with Crippen molar-refractivity contribution in [2.45, 2.75) is 17.7 Å². The lowest BCUT2D eigenvalue weighted by Gasteiger charge is -2.22. The van der Waals surface area contributed by atoms with Gasteiger partial charge in [0.05, 0.1) is 16.7 Å². The topological polar surface area (TPSA) is 95.0 Å². The first-order valence-corrected chi connectivity index (χ1v) is 9.52. The Morgan fingerprint density at radius 2 is 1.72 bits per heavy atom. The fourth-order valence-electron chi connectivity index (χ4n) is 3.09. The van der Waals surface area contributed by atoms with Crippen LogP contribution in [0.1, 0.15) is 12.8 Å². The van der Waals surface area contributed by atoms with Crippen LogP contribution in [0.4, 0.5) is 4.39 Å². The van der Waals surface area contributed by atoms with Gasteiger partial charge in [0.25, 0.3) is 0 Å². The zero-order valence-corrected chi connectivity index (χ0v) is 14.3.